The first kappa shape index (κ1) is 26.1. The van der Waals surface area contributed by atoms with Gasteiger partial charge in [-0.3, -0.25) is 19.3 Å². The molecule has 2 aromatic carbocycles. The van der Waals surface area contributed by atoms with Crippen LogP contribution >= 0.6 is 22.9 Å². The fourth-order valence-electron chi connectivity index (χ4n) is 5.43. The quantitative estimate of drug-likeness (QED) is 0.116. The van der Waals surface area contributed by atoms with Gasteiger partial charge in [-0.1, -0.05) is 61.0 Å². The van der Waals surface area contributed by atoms with E-state index < -0.39 is 5.97 Å². The van der Waals surface area contributed by atoms with Gasteiger partial charge >= 0.3 is 5.97 Å². The van der Waals surface area contributed by atoms with Gasteiger partial charge in [0.25, 0.3) is 0 Å². The number of hydrogen-bond acceptors (Lipinski definition) is 7. The zero-order chi connectivity index (χ0) is 28.0. The Kier molecular flexibility index (Phi) is 6.82. The van der Waals surface area contributed by atoms with E-state index in [1.54, 1.807) is 66.0 Å². The third-order valence-electron chi connectivity index (χ3n) is 7.43. The van der Waals surface area contributed by atoms with Crippen molar-refractivity contribution in [3.63, 3.8) is 0 Å². The van der Waals surface area contributed by atoms with Crippen molar-refractivity contribution >= 4 is 63.1 Å². The van der Waals surface area contributed by atoms with Crippen LogP contribution in [0, 0.1) is 17.8 Å². The van der Waals surface area contributed by atoms with Crippen LogP contribution in [0.3, 0.4) is 0 Å². The molecule has 6 rings (SSSR count). The Balaban J connectivity index is 1.31. The van der Waals surface area contributed by atoms with E-state index >= 15 is 0 Å². The Labute approximate surface area is 239 Å². The van der Waals surface area contributed by atoms with Crippen LogP contribution in [0.5, 0.6) is 0 Å². The zero-order valence-electron chi connectivity index (χ0n) is 21.4. The number of anilines is 1. The average Bonchev–Trinajstić information content (AvgIpc) is 3.59. The number of carbonyl (C=O) groups excluding carboxylic acids is 4. The highest BCUT2D eigenvalue weighted by Gasteiger charge is 2.50. The second-order valence-electron chi connectivity index (χ2n) is 9.88. The number of benzene rings is 2. The normalized spacial score (nSPS) is 20.1. The van der Waals surface area contributed by atoms with Gasteiger partial charge in [0.1, 0.15) is 0 Å². The van der Waals surface area contributed by atoms with Gasteiger partial charge in [-0.05, 0) is 48.1 Å². The summed E-state index contributed by atoms with van der Waals surface area (Å²) in [7, 11) is 0. The van der Waals surface area contributed by atoms with Crippen LogP contribution in [0.15, 0.2) is 78.2 Å². The molecule has 40 heavy (non-hydrogen) atoms. The number of fused-ring (bicyclic) bond motifs is 2. The average molecular weight is 571 g/mol. The molecule has 1 fully saturated rings. The lowest BCUT2D eigenvalue weighted by molar-refractivity contribution is -0.122. The molecule has 0 spiro atoms. The molecule has 200 valence electrons. The summed E-state index contributed by atoms with van der Waals surface area (Å²) in [5, 5.41) is 2.64. The van der Waals surface area contributed by atoms with E-state index in [9.17, 15) is 19.2 Å². The van der Waals surface area contributed by atoms with E-state index in [1.807, 2.05) is 19.1 Å². The molecule has 2 amide bonds. The lowest BCUT2D eigenvalue weighted by atomic mass is 9.78. The predicted octanol–water partition coefficient (Wildman–Crippen LogP) is 6.36. The van der Waals surface area contributed by atoms with E-state index in [0.29, 0.717) is 44.2 Å². The number of para-hydroxylation sites is 1. The van der Waals surface area contributed by atoms with Crippen molar-refractivity contribution in [2.45, 2.75) is 13.3 Å². The first-order valence-corrected chi connectivity index (χ1v) is 14.1. The molecule has 9 heteroatoms. The van der Waals surface area contributed by atoms with Gasteiger partial charge in [0.2, 0.25) is 17.6 Å². The highest BCUT2D eigenvalue weighted by Crippen LogP contribution is 2.41. The summed E-state index contributed by atoms with van der Waals surface area (Å²) in [5.74, 6) is -2.00. The molecular formula is C31H23ClN2O5S. The van der Waals surface area contributed by atoms with Gasteiger partial charge in [0.15, 0.2) is 6.61 Å². The van der Waals surface area contributed by atoms with Crippen LogP contribution in [0.25, 0.3) is 22.2 Å². The fraction of sp³-hybridized carbons (Fsp3) is 0.194. The maximum absolute atomic E-state index is 13.2. The minimum Gasteiger partial charge on any atom is -0.454 e. The molecule has 0 N–H and O–H groups in total. The summed E-state index contributed by atoms with van der Waals surface area (Å²) in [6.07, 6.45) is 4.53. The van der Waals surface area contributed by atoms with Gasteiger partial charge in [-0.25, -0.2) is 9.78 Å². The third kappa shape index (κ3) is 4.53. The van der Waals surface area contributed by atoms with Crippen molar-refractivity contribution in [2.24, 2.45) is 17.8 Å². The van der Waals surface area contributed by atoms with Crippen LogP contribution in [0.4, 0.5) is 5.69 Å². The first-order chi connectivity index (χ1) is 19.3. The van der Waals surface area contributed by atoms with Gasteiger partial charge in [0.05, 0.1) is 44.2 Å². The number of ether oxygens (including phenoxy) is 1. The maximum Gasteiger partial charge on any atom is 0.339 e. The van der Waals surface area contributed by atoms with Crippen LogP contribution in [0.2, 0.25) is 5.02 Å². The van der Waals surface area contributed by atoms with Crippen molar-refractivity contribution in [3.05, 3.63) is 93.7 Å². The predicted molar refractivity (Wildman–Crippen MR) is 154 cm³/mol. The van der Waals surface area contributed by atoms with Crippen molar-refractivity contribution in [1.29, 1.82) is 0 Å². The summed E-state index contributed by atoms with van der Waals surface area (Å²) in [6.45, 7) is 1.57. The Hall–Kier alpha value is -4.14. The molecule has 1 aliphatic heterocycles. The molecule has 1 aliphatic carbocycles. The third-order valence-corrected chi connectivity index (χ3v) is 8.65. The number of carbonyl (C=O) groups is 4. The second-order valence-corrected chi connectivity index (χ2v) is 11.2. The van der Waals surface area contributed by atoms with Crippen LogP contribution in [-0.2, 0) is 14.3 Å². The number of amides is 2. The molecule has 1 saturated heterocycles. The van der Waals surface area contributed by atoms with E-state index in [0.717, 1.165) is 0 Å². The number of aromatic nitrogens is 1. The van der Waals surface area contributed by atoms with Gasteiger partial charge in [-0.2, -0.15) is 0 Å². The monoisotopic (exact) mass is 570 g/mol. The van der Waals surface area contributed by atoms with E-state index in [1.165, 1.54) is 16.2 Å². The number of halogens is 1. The smallest absolute Gasteiger partial charge is 0.339 e. The van der Waals surface area contributed by atoms with Crippen molar-refractivity contribution in [1.82, 2.24) is 4.98 Å². The first-order valence-electron chi connectivity index (χ1n) is 12.8. The standard InChI is InChI=1S/C31H23ClN2O5S/c1-17-5-2-7-21-27(17)30(37)34(29(21)36)19-12-10-18(11-13-19)24-15-22(20-6-3-8-23(32)28(20)33-24)31(38)39-16-25(35)26-9-4-14-40-26/h2-6,8-15,17,21,27H,7,16H2,1H3. The summed E-state index contributed by atoms with van der Waals surface area (Å²) < 4.78 is 5.38. The maximum atomic E-state index is 13.2. The summed E-state index contributed by atoms with van der Waals surface area (Å²) in [6, 6.07) is 17.1. The molecule has 0 bridgehead atoms. The molecule has 0 saturated carbocycles. The highest BCUT2D eigenvalue weighted by molar-refractivity contribution is 7.12. The number of ketones is 1. The summed E-state index contributed by atoms with van der Waals surface area (Å²) >= 11 is 7.73. The minimum absolute atomic E-state index is 0.00445. The Bertz CT molecular complexity index is 1700. The summed E-state index contributed by atoms with van der Waals surface area (Å²) in [5.41, 5.74) is 2.24. The molecule has 2 aromatic heterocycles. The lowest BCUT2D eigenvalue weighted by Gasteiger charge is -2.22. The molecule has 3 atom stereocenters. The zero-order valence-corrected chi connectivity index (χ0v) is 22.9. The number of esters is 1. The molecule has 4 aromatic rings. The highest BCUT2D eigenvalue weighted by atomic mass is 35.5. The Morgan fingerprint density at radius 1 is 1.07 bits per heavy atom. The number of nitrogens with zero attached hydrogens (tertiary/aromatic N) is 2. The van der Waals surface area contributed by atoms with Crippen molar-refractivity contribution < 1.29 is 23.9 Å². The number of thiophene rings is 1. The molecule has 7 nitrogen and oxygen atoms in total. The van der Waals surface area contributed by atoms with Crippen molar-refractivity contribution in [3.8, 4) is 11.3 Å². The number of Topliss-reactive ketones (excluding diaryl/α,β-unsaturated/α-hetero) is 1. The lowest BCUT2D eigenvalue weighted by Crippen LogP contribution is -2.31. The molecule has 3 unspecified atom stereocenters. The largest absolute Gasteiger partial charge is 0.454 e. The Morgan fingerprint density at radius 3 is 2.60 bits per heavy atom. The van der Waals surface area contributed by atoms with Gasteiger partial charge in [-0.15, -0.1) is 11.3 Å². The van der Waals surface area contributed by atoms with E-state index in [-0.39, 0.29) is 47.5 Å². The van der Waals surface area contributed by atoms with Crippen LogP contribution < -0.4 is 4.90 Å². The van der Waals surface area contributed by atoms with Crippen LogP contribution in [0.1, 0.15) is 33.4 Å². The molecule has 3 heterocycles. The number of allylic oxidation sites excluding steroid dienone is 2. The molecular weight excluding hydrogens is 548 g/mol. The number of imide groups is 1. The SMILES string of the molecule is CC1C=CCC2C(=O)N(c3ccc(-c4cc(C(=O)OCC(=O)c5cccs5)c5cccc(Cl)c5n4)cc3)C(=O)C12. The number of hydrogen-bond donors (Lipinski definition) is 0. The minimum atomic E-state index is -0.670. The van der Waals surface area contributed by atoms with E-state index in [4.69, 9.17) is 16.3 Å². The second kappa shape index (κ2) is 10.4. The molecule has 0 radical (unpaired) electrons. The van der Waals surface area contributed by atoms with Crippen LogP contribution in [-0.4, -0.2) is 35.2 Å². The number of rotatable bonds is 6. The summed E-state index contributed by atoms with van der Waals surface area (Å²) in [4.78, 5) is 58.3. The fourth-order valence-corrected chi connectivity index (χ4v) is 6.30. The van der Waals surface area contributed by atoms with Crippen molar-refractivity contribution in [2.75, 3.05) is 11.5 Å². The topological polar surface area (TPSA) is 93.6 Å². The number of pyridine rings is 1. The van der Waals surface area contributed by atoms with Gasteiger partial charge < -0.3 is 4.74 Å². The van der Waals surface area contributed by atoms with Gasteiger partial charge in [0, 0.05) is 10.9 Å². The van der Waals surface area contributed by atoms with E-state index in [2.05, 4.69) is 4.98 Å². The molecule has 2 aliphatic rings. The Morgan fingerprint density at radius 2 is 1.88 bits per heavy atom.